The van der Waals surface area contributed by atoms with Gasteiger partial charge in [-0.05, 0) is 42.7 Å². The SMILES string of the molecule is CSc1ccc(NC(=O)CCc2nc3ccccc3[nH]c2=O)cc1. The van der Waals surface area contributed by atoms with Crippen molar-refractivity contribution in [2.45, 2.75) is 17.7 Å². The highest BCUT2D eigenvalue weighted by Gasteiger charge is 2.08. The number of anilines is 1. The highest BCUT2D eigenvalue weighted by molar-refractivity contribution is 7.98. The molecule has 0 saturated carbocycles. The Morgan fingerprint density at radius 3 is 2.67 bits per heavy atom. The van der Waals surface area contributed by atoms with Crippen LogP contribution in [-0.4, -0.2) is 22.1 Å². The highest BCUT2D eigenvalue weighted by atomic mass is 32.2. The van der Waals surface area contributed by atoms with Crippen LogP contribution in [0.2, 0.25) is 0 Å². The first kappa shape index (κ1) is 16.3. The van der Waals surface area contributed by atoms with Gasteiger partial charge in [-0.25, -0.2) is 4.98 Å². The van der Waals surface area contributed by atoms with E-state index < -0.39 is 0 Å². The van der Waals surface area contributed by atoms with Crippen molar-refractivity contribution in [2.24, 2.45) is 0 Å². The van der Waals surface area contributed by atoms with Crippen molar-refractivity contribution in [2.75, 3.05) is 11.6 Å². The topological polar surface area (TPSA) is 74.8 Å². The van der Waals surface area contributed by atoms with Crippen LogP contribution in [0.1, 0.15) is 12.1 Å². The van der Waals surface area contributed by atoms with Gasteiger partial charge < -0.3 is 10.3 Å². The highest BCUT2D eigenvalue weighted by Crippen LogP contribution is 2.17. The Hall–Kier alpha value is -2.60. The molecule has 1 heterocycles. The Morgan fingerprint density at radius 1 is 1.17 bits per heavy atom. The summed E-state index contributed by atoms with van der Waals surface area (Å²) in [6.45, 7) is 0. The Labute approximate surface area is 143 Å². The molecule has 2 aromatic carbocycles. The van der Waals surface area contributed by atoms with E-state index in [1.165, 1.54) is 0 Å². The van der Waals surface area contributed by atoms with Crippen molar-refractivity contribution in [3.63, 3.8) is 0 Å². The van der Waals surface area contributed by atoms with Gasteiger partial charge in [-0.2, -0.15) is 0 Å². The Morgan fingerprint density at radius 2 is 1.92 bits per heavy atom. The van der Waals surface area contributed by atoms with Crippen molar-refractivity contribution in [1.82, 2.24) is 9.97 Å². The lowest BCUT2D eigenvalue weighted by Gasteiger charge is -2.06. The maximum atomic E-state index is 12.1. The van der Waals surface area contributed by atoms with Crippen molar-refractivity contribution in [3.8, 4) is 0 Å². The van der Waals surface area contributed by atoms with Crippen molar-refractivity contribution < 1.29 is 4.79 Å². The Kier molecular flexibility index (Phi) is 4.96. The number of benzene rings is 2. The lowest BCUT2D eigenvalue weighted by atomic mass is 10.2. The third kappa shape index (κ3) is 3.83. The first-order valence-corrected chi connectivity index (χ1v) is 8.80. The summed E-state index contributed by atoms with van der Waals surface area (Å²) < 4.78 is 0. The fraction of sp³-hybridized carbons (Fsp3) is 0.167. The number of carbonyl (C=O) groups is 1. The summed E-state index contributed by atoms with van der Waals surface area (Å²) in [5.41, 5.74) is 2.30. The molecule has 0 radical (unpaired) electrons. The van der Waals surface area contributed by atoms with Crippen molar-refractivity contribution in [1.29, 1.82) is 0 Å². The Bertz CT molecular complexity index is 919. The van der Waals surface area contributed by atoms with Gasteiger partial charge in [0.1, 0.15) is 5.69 Å². The molecule has 24 heavy (non-hydrogen) atoms. The lowest BCUT2D eigenvalue weighted by Crippen LogP contribution is -2.18. The van der Waals surface area contributed by atoms with Gasteiger partial charge in [0.2, 0.25) is 5.91 Å². The molecule has 0 aliphatic heterocycles. The second-order valence-corrected chi connectivity index (χ2v) is 6.19. The number of hydrogen-bond donors (Lipinski definition) is 2. The molecular weight excluding hydrogens is 322 g/mol. The number of nitrogens with zero attached hydrogens (tertiary/aromatic N) is 1. The second kappa shape index (κ2) is 7.31. The third-order valence-corrected chi connectivity index (χ3v) is 4.38. The quantitative estimate of drug-likeness (QED) is 0.700. The van der Waals surface area contributed by atoms with Gasteiger partial charge in [0.05, 0.1) is 11.0 Å². The van der Waals surface area contributed by atoms with Gasteiger partial charge in [0.15, 0.2) is 0 Å². The number of H-pyrrole nitrogens is 1. The molecule has 0 saturated heterocycles. The van der Waals surface area contributed by atoms with Crippen LogP contribution in [0, 0.1) is 0 Å². The van der Waals surface area contributed by atoms with Gasteiger partial charge in [-0.15, -0.1) is 11.8 Å². The average Bonchev–Trinajstić information content (AvgIpc) is 2.60. The summed E-state index contributed by atoms with van der Waals surface area (Å²) >= 11 is 1.65. The molecule has 122 valence electrons. The maximum absolute atomic E-state index is 12.1. The van der Waals surface area contributed by atoms with Crippen molar-refractivity contribution in [3.05, 3.63) is 64.6 Å². The molecule has 5 nitrogen and oxygen atoms in total. The number of fused-ring (bicyclic) bond motifs is 1. The molecule has 0 aliphatic carbocycles. The zero-order valence-corrected chi connectivity index (χ0v) is 14.0. The largest absolute Gasteiger partial charge is 0.326 e. The molecule has 0 spiro atoms. The van der Waals surface area contributed by atoms with Crippen LogP contribution < -0.4 is 10.9 Å². The summed E-state index contributed by atoms with van der Waals surface area (Å²) in [5, 5.41) is 2.83. The molecular formula is C18H17N3O2S. The van der Waals surface area contributed by atoms with Crippen LogP contribution in [0.5, 0.6) is 0 Å². The summed E-state index contributed by atoms with van der Waals surface area (Å²) in [4.78, 5) is 32.4. The fourth-order valence-electron chi connectivity index (χ4n) is 2.37. The van der Waals surface area contributed by atoms with E-state index in [1.54, 1.807) is 17.8 Å². The minimum atomic E-state index is -0.245. The number of carbonyl (C=O) groups excluding carboxylic acids is 1. The van der Waals surface area contributed by atoms with Gasteiger partial charge >= 0.3 is 0 Å². The fourth-order valence-corrected chi connectivity index (χ4v) is 2.77. The third-order valence-electron chi connectivity index (χ3n) is 3.63. The molecule has 0 atom stereocenters. The Balaban J connectivity index is 1.65. The van der Waals surface area contributed by atoms with E-state index in [2.05, 4.69) is 15.3 Å². The molecule has 3 rings (SSSR count). The number of aromatic nitrogens is 2. The average molecular weight is 339 g/mol. The maximum Gasteiger partial charge on any atom is 0.270 e. The number of aryl methyl sites for hydroxylation is 1. The number of aromatic amines is 1. The molecule has 6 heteroatoms. The second-order valence-electron chi connectivity index (χ2n) is 5.31. The number of nitrogens with one attached hydrogen (secondary N) is 2. The van der Waals surface area contributed by atoms with Crippen LogP contribution in [-0.2, 0) is 11.2 Å². The first-order chi connectivity index (χ1) is 11.7. The van der Waals surface area contributed by atoms with Gasteiger partial charge in [0, 0.05) is 23.4 Å². The molecule has 2 N–H and O–H groups in total. The molecule has 1 aromatic heterocycles. The summed E-state index contributed by atoms with van der Waals surface area (Å²) in [7, 11) is 0. The number of para-hydroxylation sites is 2. The van der Waals surface area contributed by atoms with Crippen LogP contribution in [0.3, 0.4) is 0 Å². The van der Waals surface area contributed by atoms with E-state index in [4.69, 9.17) is 0 Å². The van der Waals surface area contributed by atoms with E-state index in [1.807, 2.05) is 48.7 Å². The molecule has 0 fully saturated rings. The van der Waals surface area contributed by atoms with Crippen LogP contribution in [0.15, 0.2) is 58.2 Å². The number of amides is 1. The standard InChI is InChI=1S/C18H17N3O2S/c1-24-13-8-6-12(7-9-13)19-17(22)11-10-16-18(23)21-15-5-3-2-4-14(15)20-16/h2-9H,10-11H2,1H3,(H,19,22)(H,21,23). The molecule has 3 aromatic rings. The first-order valence-electron chi connectivity index (χ1n) is 7.57. The van der Waals surface area contributed by atoms with Gasteiger partial charge in [-0.1, -0.05) is 12.1 Å². The van der Waals surface area contributed by atoms with Gasteiger partial charge in [-0.3, -0.25) is 9.59 Å². The summed E-state index contributed by atoms with van der Waals surface area (Å²) in [6.07, 6.45) is 2.51. The predicted molar refractivity (Wildman–Crippen MR) is 97.5 cm³/mol. The number of hydrogen-bond acceptors (Lipinski definition) is 4. The lowest BCUT2D eigenvalue weighted by molar-refractivity contribution is -0.116. The summed E-state index contributed by atoms with van der Waals surface area (Å²) in [6, 6.07) is 15.0. The van der Waals surface area contributed by atoms with Crippen LogP contribution >= 0.6 is 11.8 Å². The van der Waals surface area contributed by atoms with Gasteiger partial charge in [0.25, 0.3) is 5.56 Å². The van der Waals surface area contributed by atoms with Crippen LogP contribution in [0.4, 0.5) is 5.69 Å². The zero-order valence-electron chi connectivity index (χ0n) is 13.2. The van der Waals surface area contributed by atoms with Crippen LogP contribution in [0.25, 0.3) is 11.0 Å². The summed E-state index contributed by atoms with van der Waals surface area (Å²) in [5.74, 6) is -0.138. The van der Waals surface area contributed by atoms with E-state index in [0.29, 0.717) is 17.6 Å². The molecule has 0 aliphatic rings. The predicted octanol–water partition coefficient (Wildman–Crippen LogP) is 3.22. The normalized spacial score (nSPS) is 10.7. The minimum absolute atomic E-state index is 0.138. The van der Waals surface area contributed by atoms with Crippen molar-refractivity contribution >= 4 is 34.4 Å². The van der Waals surface area contributed by atoms with E-state index >= 15 is 0 Å². The zero-order chi connectivity index (χ0) is 16.9. The van der Waals surface area contributed by atoms with E-state index in [-0.39, 0.29) is 17.9 Å². The number of thioether (sulfide) groups is 1. The number of rotatable bonds is 5. The van der Waals surface area contributed by atoms with E-state index in [0.717, 1.165) is 16.1 Å². The molecule has 0 bridgehead atoms. The smallest absolute Gasteiger partial charge is 0.270 e. The molecule has 1 amide bonds. The monoisotopic (exact) mass is 339 g/mol. The minimum Gasteiger partial charge on any atom is -0.326 e. The van der Waals surface area contributed by atoms with E-state index in [9.17, 15) is 9.59 Å². The molecule has 0 unspecified atom stereocenters.